The van der Waals surface area contributed by atoms with Crippen molar-refractivity contribution >= 4 is 5.97 Å². The lowest BCUT2D eigenvalue weighted by atomic mass is 9.99. The predicted octanol–water partition coefficient (Wildman–Crippen LogP) is 0.791. The van der Waals surface area contributed by atoms with Crippen molar-refractivity contribution in [2.24, 2.45) is 5.92 Å². The lowest BCUT2D eigenvalue weighted by molar-refractivity contribution is -0.281. The maximum atomic E-state index is 11.0. The van der Waals surface area contributed by atoms with Crippen LogP contribution in [0.25, 0.3) is 0 Å². The van der Waals surface area contributed by atoms with E-state index in [1.165, 1.54) is 11.8 Å². The average Bonchev–Trinajstić information content (AvgIpc) is 2.46. The van der Waals surface area contributed by atoms with E-state index >= 15 is 0 Å². The first-order valence-corrected chi connectivity index (χ1v) is 7.62. The molecule has 1 rings (SSSR count). The van der Waals surface area contributed by atoms with Crippen LogP contribution in [0.3, 0.4) is 0 Å². The van der Waals surface area contributed by atoms with Gasteiger partial charge in [-0.3, -0.25) is 0 Å². The van der Waals surface area contributed by atoms with Gasteiger partial charge in [0, 0.05) is 0 Å². The van der Waals surface area contributed by atoms with Crippen molar-refractivity contribution in [3.8, 4) is 0 Å². The van der Waals surface area contributed by atoms with Gasteiger partial charge in [-0.25, -0.2) is 4.79 Å². The first-order chi connectivity index (χ1) is 10.7. The number of allylic oxidation sites excluding steroid dienone is 3. The number of carbonyl (C=O) groups is 1. The fraction of sp³-hybridized carbons (Fsp3) is 0.688. The highest BCUT2D eigenvalue weighted by molar-refractivity contribution is 5.73. The zero-order valence-corrected chi connectivity index (χ0v) is 13.6. The molecule has 2 unspecified atom stereocenters. The molecule has 1 heterocycles. The van der Waals surface area contributed by atoms with Gasteiger partial charge in [-0.15, -0.1) is 0 Å². The molecule has 0 amide bonds. The van der Waals surface area contributed by atoms with Gasteiger partial charge in [0.25, 0.3) is 0 Å². The summed E-state index contributed by atoms with van der Waals surface area (Å²) in [7, 11) is 0. The molecule has 0 saturated carbocycles. The number of aliphatic hydroxyl groups excluding tert-OH is 3. The van der Waals surface area contributed by atoms with Crippen LogP contribution in [0.1, 0.15) is 33.6 Å². The molecular weight excluding hydrogens is 304 g/mol. The quantitative estimate of drug-likeness (QED) is 0.403. The number of aliphatic carboxylic acids is 1. The van der Waals surface area contributed by atoms with Gasteiger partial charge in [0.1, 0.15) is 18.3 Å². The standard InChI is InChI=1S/C16H26O7/c1-9(2)5-4-6-10(3)7-8-22-16-13(19)11(17)12(18)14(23-16)15(20)21/h5,7-8,10-14,16-19H,4,6H2,1-3H3,(H,20,21)/b8-7+/t10?,11-,12-,13+,14-,16?/m0/s1. The van der Waals surface area contributed by atoms with Crippen molar-refractivity contribution in [3.63, 3.8) is 0 Å². The van der Waals surface area contributed by atoms with E-state index in [1.807, 2.05) is 20.8 Å². The van der Waals surface area contributed by atoms with Gasteiger partial charge >= 0.3 is 5.97 Å². The smallest absolute Gasteiger partial charge is 0.335 e. The Morgan fingerprint density at radius 2 is 1.87 bits per heavy atom. The van der Waals surface area contributed by atoms with Crippen LogP contribution in [0.2, 0.25) is 0 Å². The van der Waals surface area contributed by atoms with E-state index in [2.05, 4.69) is 6.08 Å². The van der Waals surface area contributed by atoms with Crippen LogP contribution in [0.15, 0.2) is 24.0 Å². The highest BCUT2D eigenvalue weighted by Gasteiger charge is 2.47. The molecule has 1 fully saturated rings. The first kappa shape index (κ1) is 19.6. The molecular formula is C16H26O7. The van der Waals surface area contributed by atoms with Crippen molar-refractivity contribution in [2.75, 3.05) is 0 Å². The minimum atomic E-state index is -1.71. The van der Waals surface area contributed by atoms with Crippen LogP contribution >= 0.6 is 0 Å². The first-order valence-electron chi connectivity index (χ1n) is 7.62. The molecule has 6 atom stereocenters. The van der Waals surface area contributed by atoms with E-state index in [-0.39, 0.29) is 5.92 Å². The van der Waals surface area contributed by atoms with Crippen LogP contribution in [0, 0.1) is 5.92 Å². The second kappa shape index (κ2) is 9.02. The molecule has 0 aliphatic carbocycles. The predicted molar refractivity (Wildman–Crippen MR) is 82.4 cm³/mol. The zero-order valence-electron chi connectivity index (χ0n) is 13.6. The summed E-state index contributed by atoms with van der Waals surface area (Å²) in [6.45, 7) is 6.06. The Hall–Kier alpha value is -1.41. The van der Waals surface area contributed by atoms with E-state index in [1.54, 1.807) is 6.08 Å². The van der Waals surface area contributed by atoms with E-state index in [0.29, 0.717) is 0 Å². The summed E-state index contributed by atoms with van der Waals surface area (Å²) in [6.07, 6.45) is -0.835. The number of carboxylic acid groups (broad SMARTS) is 1. The number of ether oxygens (including phenoxy) is 2. The minimum Gasteiger partial charge on any atom is -0.479 e. The van der Waals surface area contributed by atoms with Crippen molar-refractivity contribution < 1.29 is 34.7 Å². The van der Waals surface area contributed by atoms with Crippen LogP contribution in [0.4, 0.5) is 0 Å². The summed E-state index contributed by atoms with van der Waals surface area (Å²) in [5, 5.41) is 37.9. The molecule has 132 valence electrons. The van der Waals surface area contributed by atoms with E-state index in [4.69, 9.17) is 14.6 Å². The third kappa shape index (κ3) is 5.95. The SMILES string of the molecule is CC(C)=CCCC(C)/C=C/OC1O[C@H](C(=O)O)[C@@H](O)[C@H](O)[C@H]1O. The largest absolute Gasteiger partial charge is 0.479 e. The average molecular weight is 330 g/mol. The number of hydrogen-bond acceptors (Lipinski definition) is 6. The Labute approximate surface area is 135 Å². The van der Waals surface area contributed by atoms with Crippen molar-refractivity contribution in [3.05, 3.63) is 24.0 Å². The normalized spacial score (nSPS) is 32.5. The lowest BCUT2D eigenvalue weighted by Gasteiger charge is -2.37. The molecule has 0 aromatic rings. The molecule has 1 aliphatic rings. The molecule has 1 aliphatic heterocycles. The molecule has 0 radical (unpaired) electrons. The van der Waals surface area contributed by atoms with Crippen LogP contribution in [-0.2, 0) is 14.3 Å². The topological polar surface area (TPSA) is 116 Å². The Balaban J connectivity index is 2.53. The van der Waals surface area contributed by atoms with Crippen LogP contribution in [-0.4, -0.2) is 57.1 Å². The van der Waals surface area contributed by atoms with Gasteiger partial charge in [-0.1, -0.05) is 18.6 Å². The Morgan fingerprint density at radius 1 is 1.22 bits per heavy atom. The summed E-state index contributed by atoms with van der Waals surface area (Å²) in [5.41, 5.74) is 1.25. The molecule has 0 spiro atoms. The van der Waals surface area contributed by atoms with Gasteiger partial charge in [0.15, 0.2) is 6.10 Å². The molecule has 0 aromatic heterocycles. The van der Waals surface area contributed by atoms with Gasteiger partial charge in [-0.05, 0) is 38.7 Å². The van der Waals surface area contributed by atoms with Gasteiger partial charge in [0.2, 0.25) is 6.29 Å². The third-order valence-corrected chi connectivity index (χ3v) is 3.61. The van der Waals surface area contributed by atoms with Crippen molar-refractivity contribution in [2.45, 2.75) is 64.3 Å². The lowest BCUT2D eigenvalue weighted by Crippen LogP contribution is -2.60. The number of carboxylic acids is 1. The van der Waals surface area contributed by atoms with E-state index in [9.17, 15) is 20.1 Å². The maximum Gasteiger partial charge on any atom is 0.335 e. The molecule has 0 aromatic carbocycles. The second-order valence-corrected chi connectivity index (χ2v) is 6.04. The zero-order chi connectivity index (χ0) is 17.6. The molecule has 1 saturated heterocycles. The molecule has 4 N–H and O–H groups in total. The molecule has 23 heavy (non-hydrogen) atoms. The number of hydrogen-bond donors (Lipinski definition) is 4. The van der Waals surface area contributed by atoms with Crippen molar-refractivity contribution in [1.29, 1.82) is 0 Å². The summed E-state index contributed by atoms with van der Waals surface area (Å²) >= 11 is 0. The highest BCUT2D eigenvalue weighted by Crippen LogP contribution is 2.22. The summed E-state index contributed by atoms with van der Waals surface area (Å²) < 4.78 is 10.2. The van der Waals surface area contributed by atoms with Gasteiger partial charge in [0.05, 0.1) is 6.26 Å². The Morgan fingerprint density at radius 3 is 2.43 bits per heavy atom. The summed E-state index contributed by atoms with van der Waals surface area (Å²) in [4.78, 5) is 11.0. The molecule has 7 nitrogen and oxygen atoms in total. The van der Waals surface area contributed by atoms with Crippen LogP contribution < -0.4 is 0 Å². The monoisotopic (exact) mass is 330 g/mol. The van der Waals surface area contributed by atoms with E-state index in [0.717, 1.165) is 12.8 Å². The Kier molecular flexibility index (Phi) is 7.70. The number of rotatable bonds is 7. The van der Waals surface area contributed by atoms with E-state index < -0.39 is 36.7 Å². The third-order valence-electron chi connectivity index (χ3n) is 3.61. The van der Waals surface area contributed by atoms with Crippen LogP contribution in [0.5, 0.6) is 0 Å². The second-order valence-electron chi connectivity index (χ2n) is 6.04. The molecule has 7 heteroatoms. The minimum absolute atomic E-state index is 0.220. The van der Waals surface area contributed by atoms with Gasteiger partial charge < -0.3 is 29.9 Å². The summed E-state index contributed by atoms with van der Waals surface area (Å²) in [5.74, 6) is -1.21. The highest BCUT2D eigenvalue weighted by atomic mass is 16.7. The summed E-state index contributed by atoms with van der Waals surface area (Å²) in [6, 6.07) is 0. The van der Waals surface area contributed by atoms with Gasteiger partial charge in [-0.2, -0.15) is 0 Å². The fourth-order valence-electron chi connectivity index (χ4n) is 2.15. The number of aliphatic hydroxyl groups is 3. The molecule has 0 bridgehead atoms. The fourth-order valence-corrected chi connectivity index (χ4v) is 2.15. The maximum absolute atomic E-state index is 11.0. The van der Waals surface area contributed by atoms with Crippen molar-refractivity contribution in [1.82, 2.24) is 0 Å². The Bertz CT molecular complexity index is 442.